The Morgan fingerprint density at radius 1 is 0.956 bits per heavy atom. The first-order valence-electron chi connectivity index (χ1n) is 15.3. The zero-order valence-electron chi connectivity index (χ0n) is 27.8. The highest BCUT2D eigenvalue weighted by atomic mass is 19.1. The molecule has 1 heterocycles. The molecule has 1 unspecified atom stereocenters. The van der Waals surface area contributed by atoms with Gasteiger partial charge in [0.25, 0.3) is 0 Å². The molecule has 0 saturated heterocycles. The molecular formula is C37H54FN5O2. The van der Waals surface area contributed by atoms with Gasteiger partial charge in [-0.3, -0.25) is 0 Å². The van der Waals surface area contributed by atoms with Crippen LogP contribution in [0.4, 0.5) is 16.2 Å². The second-order valence-electron chi connectivity index (χ2n) is 9.48. The Bertz CT molecular complexity index is 1360. The molecule has 0 aliphatic heterocycles. The van der Waals surface area contributed by atoms with Crippen LogP contribution in [0.25, 0.3) is 11.1 Å². The fourth-order valence-corrected chi connectivity index (χ4v) is 3.98. The summed E-state index contributed by atoms with van der Waals surface area (Å²) in [5.74, 6) is 0.369. The third kappa shape index (κ3) is 14.4. The number of ether oxygens (including phenoxy) is 1. The van der Waals surface area contributed by atoms with Crippen LogP contribution in [0.1, 0.15) is 72.1 Å². The number of phenolic OH excluding ortho intramolecular Hbond substituents is 1. The number of nitrogens with one attached hydrogen (secondary N) is 1. The summed E-state index contributed by atoms with van der Waals surface area (Å²) in [4.78, 5) is 10.1. The lowest BCUT2D eigenvalue weighted by atomic mass is 10.0. The molecule has 0 spiro atoms. The molecule has 0 radical (unpaired) electrons. The zero-order valence-corrected chi connectivity index (χ0v) is 27.8. The number of nitrogens with zero attached hydrogens (tertiary/aromatic N) is 4. The molecule has 7 nitrogen and oxygen atoms in total. The SMILES string of the molecule is C.CC.CC.CCN(c1nc(N/N=C/c2ccc(C)cc2)ncc1F)C(C)CCOC.Cc1ccc(-c2cccc(O)c2)cc1. The van der Waals surface area contributed by atoms with Crippen molar-refractivity contribution in [2.75, 3.05) is 30.6 Å². The van der Waals surface area contributed by atoms with E-state index >= 15 is 0 Å². The van der Waals surface area contributed by atoms with Gasteiger partial charge in [-0.15, -0.1) is 0 Å². The number of aromatic nitrogens is 2. The Kier molecular flexibility index (Phi) is 20.9. The monoisotopic (exact) mass is 619 g/mol. The lowest BCUT2D eigenvalue weighted by Gasteiger charge is -2.29. The number of aryl methyl sites for hydroxylation is 2. The molecule has 1 atom stereocenters. The molecule has 0 bridgehead atoms. The summed E-state index contributed by atoms with van der Waals surface area (Å²) >= 11 is 0. The molecule has 4 aromatic rings. The highest BCUT2D eigenvalue weighted by Gasteiger charge is 2.19. The molecule has 3 aromatic carbocycles. The van der Waals surface area contributed by atoms with Crippen molar-refractivity contribution in [3.8, 4) is 16.9 Å². The Hall–Kier alpha value is -4.30. The van der Waals surface area contributed by atoms with E-state index in [1.165, 1.54) is 11.1 Å². The minimum Gasteiger partial charge on any atom is -0.508 e. The van der Waals surface area contributed by atoms with Gasteiger partial charge in [0.15, 0.2) is 11.6 Å². The number of hydrogen-bond donors (Lipinski definition) is 2. The first-order chi connectivity index (χ1) is 21.3. The van der Waals surface area contributed by atoms with E-state index in [4.69, 9.17) is 4.74 Å². The van der Waals surface area contributed by atoms with Crippen molar-refractivity contribution >= 4 is 18.0 Å². The Labute approximate surface area is 271 Å². The molecule has 8 heteroatoms. The quantitative estimate of drug-likeness (QED) is 0.136. The second kappa shape index (κ2) is 23.1. The molecule has 1 aromatic heterocycles. The third-order valence-electron chi connectivity index (χ3n) is 6.30. The first-order valence-corrected chi connectivity index (χ1v) is 15.3. The van der Waals surface area contributed by atoms with Crippen molar-refractivity contribution in [3.63, 3.8) is 0 Å². The summed E-state index contributed by atoms with van der Waals surface area (Å²) in [6.07, 6.45) is 3.62. The van der Waals surface area contributed by atoms with Crippen LogP contribution in [0, 0.1) is 19.7 Å². The summed E-state index contributed by atoms with van der Waals surface area (Å²) in [5, 5.41) is 13.5. The molecule has 2 N–H and O–H groups in total. The molecule has 0 fully saturated rings. The molecule has 45 heavy (non-hydrogen) atoms. The van der Waals surface area contributed by atoms with Crippen LogP contribution in [0.3, 0.4) is 0 Å². The Balaban J connectivity index is 0.000000859. The second-order valence-corrected chi connectivity index (χ2v) is 9.48. The molecule has 4 rings (SSSR count). The highest BCUT2D eigenvalue weighted by molar-refractivity contribution is 5.80. The van der Waals surface area contributed by atoms with Gasteiger partial charge in [0.2, 0.25) is 5.95 Å². The van der Waals surface area contributed by atoms with Crippen LogP contribution < -0.4 is 10.3 Å². The molecule has 246 valence electrons. The standard InChI is InChI=1S/C19H26FN5O.C13H12O.2C2H6.CH4/c1-5-25(15(3)10-11-26-4)18-17(20)13-21-19(23-18)24-22-12-16-8-6-14(2)7-9-16;1-10-5-7-11(8-6-10)12-3-2-4-13(14)9-12;2*1-2;/h6-9,12-13,15H,5,10-11H2,1-4H3,(H,21,23,24);2-9,14H,1H3;2*1-2H3;1H4/b22-12+;;;;. The van der Waals surface area contributed by atoms with Crippen LogP contribution >= 0.6 is 0 Å². The maximum atomic E-state index is 14.3. The van der Waals surface area contributed by atoms with E-state index in [0.717, 1.165) is 29.3 Å². The van der Waals surface area contributed by atoms with E-state index in [1.54, 1.807) is 25.5 Å². The maximum Gasteiger partial charge on any atom is 0.245 e. The van der Waals surface area contributed by atoms with Gasteiger partial charge in [-0.1, -0.05) is 107 Å². The van der Waals surface area contributed by atoms with Crippen LogP contribution in [0.15, 0.2) is 84.1 Å². The summed E-state index contributed by atoms with van der Waals surface area (Å²) in [6, 6.07) is 23.6. The number of phenols is 1. The molecule has 0 amide bonds. The van der Waals surface area contributed by atoms with E-state index in [-0.39, 0.29) is 25.2 Å². The van der Waals surface area contributed by atoms with E-state index < -0.39 is 5.82 Å². The number of aromatic hydroxyl groups is 1. The smallest absolute Gasteiger partial charge is 0.245 e. The lowest BCUT2D eigenvalue weighted by molar-refractivity contribution is 0.188. The highest BCUT2D eigenvalue weighted by Crippen LogP contribution is 2.23. The lowest BCUT2D eigenvalue weighted by Crippen LogP contribution is -2.35. The average molecular weight is 620 g/mol. The number of methoxy groups -OCH3 is 1. The van der Waals surface area contributed by atoms with Gasteiger partial charge in [0, 0.05) is 26.3 Å². The van der Waals surface area contributed by atoms with Crippen molar-refractivity contribution in [1.29, 1.82) is 0 Å². The topological polar surface area (TPSA) is 82.9 Å². The van der Waals surface area contributed by atoms with Gasteiger partial charge in [0.05, 0.1) is 12.4 Å². The van der Waals surface area contributed by atoms with Gasteiger partial charge < -0.3 is 14.7 Å². The normalized spacial score (nSPS) is 10.5. The fourth-order valence-electron chi connectivity index (χ4n) is 3.98. The van der Waals surface area contributed by atoms with E-state index in [9.17, 15) is 9.50 Å². The largest absolute Gasteiger partial charge is 0.508 e. The van der Waals surface area contributed by atoms with Crippen molar-refractivity contribution < 1.29 is 14.2 Å². The van der Waals surface area contributed by atoms with Gasteiger partial charge in [0.1, 0.15) is 5.75 Å². The van der Waals surface area contributed by atoms with Crippen molar-refractivity contribution in [2.24, 2.45) is 5.10 Å². The summed E-state index contributed by atoms with van der Waals surface area (Å²) in [5.41, 5.74) is 8.32. The summed E-state index contributed by atoms with van der Waals surface area (Å²) < 4.78 is 19.4. The Morgan fingerprint density at radius 3 is 2.11 bits per heavy atom. The summed E-state index contributed by atoms with van der Waals surface area (Å²) in [7, 11) is 1.66. The predicted octanol–water partition coefficient (Wildman–Crippen LogP) is 9.68. The number of anilines is 2. The van der Waals surface area contributed by atoms with Gasteiger partial charge in [-0.05, 0) is 62.9 Å². The van der Waals surface area contributed by atoms with Crippen LogP contribution in [-0.4, -0.2) is 47.6 Å². The third-order valence-corrected chi connectivity index (χ3v) is 6.30. The van der Waals surface area contributed by atoms with E-state index in [1.807, 2.05) is 89.8 Å². The minimum absolute atomic E-state index is 0. The summed E-state index contributed by atoms with van der Waals surface area (Å²) in [6.45, 7) is 17.3. The molecule has 0 aliphatic carbocycles. The number of hydrazone groups is 1. The van der Waals surface area contributed by atoms with Crippen molar-refractivity contribution in [3.05, 3.63) is 102 Å². The Morgan fingerprint density at radius 2 is 1.56 bits per heavy atom. The molecular weight excluding hydrogens is 565 g/mol. The van der Waals surface area contributed by atoms with Gasteiger partial charge >= 0.3 is 0 Å². The van der Waals surface area contributed by atoms with E-state index in [0.29, 0.717) is 18.9 Å². The van der Waals surface area contributed by atoms with Crippen molar-refractivity contribution in [2.45, 2.75) is 75.3 Å². The first kappa shape index (κ1) is 40.7. The zero-order chi connectivity index (χ0) is 32.9. The van der Waals surface area contributed by atoms with Crippen LogP contribution in [0.5, 0.6) is 5.75 Å². The van der Waals surface area contributed by atoms with Gasteiger partial charge in [-0.2, -0.15) is 10.1 Å². The van der Waals surface area contributed by atoms with Gasteiger partial charge in [-0.25, -0.2) is 14.8 Å². The minimum atomic E-state index is -0.454. The van der Waals surface area contributed by atoms with Crippen LogP contribution in [0.2, 0.25) is 0 Å². The maximum absolute atomic E-state index is 14.3. The number of benzene rings is 3. The fraction of sp³-hybridized carbons (Fsp3) is 0.378. The predicted molar refractivity (Wildman–Crippen MR) is 191 cm³/mol. The number of rotatable bonds is 10. The number of halogens is 1. The van der Waals surface area contributed by atoms with E-state index in [2.05, 4.69) is 51.7 Å². The van der Waals surface area contributed by atoms with Crippen LogP contribution in [-0.2, 0) is 4.74 Å². The van der Waals surface area contributed by atoms with Crippen molar-refractivity contribution in [1.82, 2.24) is 9.97 Å². The molecule has 0 saturated carbocycles. The average Bonchev–Trinajstić information content (AvgIpc) is 3.05. The number of hydrogen-bond acceptors (Lipinski definition) is 7. The molecule has 0 aliphatic rings.